The van der Waals surface area contributed by atoms with Gasteiger partial charge in [0.25, 0.3) is 0 Å². The predicted molar refractivity (Wildman–Crippen MR) is 213 cm³/mol. The van der Waals surface area contributed by atoms with Crippen LogP contribution in [0.1, 0.15) is 213 Å². The SMILES string of the molecule is CCCCCC=CCC=CCC=CCCCCC(=O)OCCCOC(=O)C=CCCCCCCCCCCCCCCCCCCCCC. The summed E-state index contributed by atoms with van der Waals surface area (Å²) >= 11 is 0. The van der Waals surface area contributed by atoms with E-state index in [1.807, 2.05) is 6.08 Å². The molecule has 284 valence electrons. The molecule has 4 nitrogen and oxygen atoms in total. The van der Waals surface area contributed by atoms with Gasteiger partial charge in [0.15, 0.2) is 0 Å². The summed E-state index contributed by atoms with van der Waals surface area (Å²) < 4.78 is 10.5. The van der Waals surface area contributed by atoms with Crippen LogP contribution in [0.15, 0.2) is 48.6 Å². The lowest BCUT2D eigenvalue weighted by Crippen LogP contribution is -2.09. The third kappa shape index (κ3) is 42.0. The third-order valence-electron chi connectivity index (χ3n) is 9.04. The first-order chi connectivity index (χ1) is 24.2. The fraction of sp³-hybridized carbons (Fsp3) is 0.778. The highest BCUT2D eigenvalue weighted by atomic mass is 16.5. The highest BCUT2D eigenvalue weighted by Gasteiger charge is 2.03. The first kappa shape index (κ1) is 46.9. The van der Waals surface area contributed by atoms with E-state index < -0.39 is 0 Å². The fourth-order valence-electron chi connectivity index (χ4n) is 5.88. The second-order valence-corrected chi connectivity index (χ2v) is 13.9. The molecule has 0 atom stereocenters. The summed E-state index contributed by atoms with van der Waals surface area (Å²) in [5.74, 6) is -0.470. The Morgan fingerprint density at radius 1 is 0.388 bits per heavy atom. The zero-order chi connectivity index (χ0) is 35.6. The first-order valence-corrected chi connectivity index (χ1v) is 21.1. The van der Waals surface area contributed by atoms with Crippen LogP contribution >= 0.6 is 0 Å². The number of hydrogen-bond donors (Lipinski definition) is 0. The van der Waals surface area contributed by atoms with Gasteiger partial charge >= 0.3 is 11.9 Å². The van der Waals surface area contributed by atoms with Gasteiger partial charge in [-0.15, -0.1) is 0 Å². The van der Waals surface area contributed by atoms with Crippen LogP contribution in [0.5, 0.6) is 0 Å². The van der Waals surface area contributed by atoms with Gasteiger partial charge in [-0.1, -0.05) is 185 Å². The number of hydrogen-bond acceptors (Lipinski definition) is 4. The molecule has 0 amide bonds. The molecule has 0 spiro atoms. The monoisotopic (exact) mass is 685 g/mol. The number of esters is 2. The van der Waals surface area contributed by atoms with Gasteiger partial charge in [-0.05, 0) is 57.8 Å². The van der Waals surface area contributed by atoms with Crippen LogP contribution in [0, 0.1) is 0 Å². The molecule has 0 fully saturated rings. The van der Waals surface area contributed by atoms with Crippen molar-refractivity contribution in [2.75, 3.05) is 13.2 Å². The normalized spacial score (nSPS) is 12.0. The molecule has 0 radical (unpaired) electrons. The maximum atomic E-state index is 11.9. The molecule has 0 heterocycles. The molecule has 0 rings (SSSR count). The van der Waals surface area contributed by atoms with Crippen molar-refractivity contribution in [1.29, 1.82) is 0 Å². The van der Waals surface area contributed by atoms with Crippen molar-refractivity contribution in [3.05, 3.63) is 48.6 Å². The standard InChI is InChI=1S/C45H80O4/c1-3-5-7-9-11-13-15-17-19-20-21-22-23-24-26-28-30-32-34-36-38-41-45(47)49-43-39-42-48-44(46)40-37-35-33-31-29-27-25-18-16-14-12-10-8-6-4-2/h12,14,18,25,29,31,38,41H,3-11,13,15-17,19-24,26-28,30,32-37,39-40,42-43H2,1-2H3. The maximum absolute atomic E-state index is 11.9. The molecule has 0 unspecified atom stereocenters. The number of unbranched alkanes of at least 4 members (excludes halogenated alkanes) is 24. The molecule has 0 aliphatic carbocycles. The molecular formula is C45H80O4. The van der Waals surface area contributed by atoms with Gasteiger partial charge in [0.1, 0.15) is 0 Å². The van der Waals surface area contributed by atoms with Crippen molar-refractivity contribution in [3.63, 3.8) is 0 Å². The zero-order valence-electron chi connectivity index (χ0n) is 32.6. The van der Waals surface area contributed by atoms with Gasteiger partial charge in [-0.2, -0.15) is 0 Å². The Morgan fingerprint density at radius 3 is 1.27 bits per heavy atom. The van der Waals surface area contributed by atoms with E-state index in [4.69, 9.17) is 9.47 Å². The maximum Gasteiger partial charge on any atom is 0.330 e. The van der Waals surface area contributed by atoms with Crippen LogP contribution in [-0.2, 0) is 19.1 Å². The number of carbonyl (C=O) groups excluding carboxylic acids is 2. The van der Waals surface area contributed by atoms with Crippen LogP contribution in [0.25, 0.3) is 0 Å². The Hall–Kier alpha value is -2.10. The minimum Gasteiger partial charge on any atom is -0.466 e. The van der Waals surface area contributed by atoms with Crippen LogP contribution in [-0.4, -0.2) is 25.2 Å². The summed E-state index contributed by atoms with van der Waals surface area (Å²) in [6.07, 6.45) is 54.9. The molecule has 0 bridgehead atoms. The van der Waals surface area contributed by atoms with Crippen molar-refractivity contribution in [2.45, 2.75) is 213 Å². The highest BCUT2D eigenvalue weighted by Crippen LogP contribution is 2.15. The molecule has 49 heavy (non-hydrogen) atoms. The average Bonchev–Trinajstić information content (AvgIpc) is 3.10. The summed E-state index contributed by atoms with van der Waals surface area (Å²) in [5.41, 5.74) is 0. The molecule has 0 aromatic heterocycles. The van der Waals surface area contributed by atoms with E-state index in [1.54, 1.807) is 6.08 Å². The van der Waals surface area contributed by atoms with E-state index in [2.05, 4.69) is 50.3 Å². The van der Waals surface area contributed by atoms with Crippen LogP contribution in [0.2, 0.25) is 0 Å². The fourth-order valence-corrected chi connectivity index (χ4v) is 5.88. The highest BCUT2D eigenvalue weighted by molar-refractivity contribution is 5.81. The van der Waals surface area contributed by atoms with E-state index in [1.165, 1.54) is 141 Å². The van der Waals surface area contributed by atoms with Gasteiger partial charge in [-0.25, -0.2) is 4.79 Å². The molecule has 0 saturated carbocycles. The number of allylic oxidation sites excluding steroid dienone is 7. The van der Waals surface area contributed by atoms with Gasteiger partial charge < -0.3 is 9.47 Å². The first-order valence-electron chi connectivity index (χ1n) is 21.1. The van der Waals surface area contributed by atoms with Gasteiger partial charge in [0, 0.05) is 18.9 Å². The number of ether oxygens (including phenoxy) is 2. The van der Waals surface area contributed by atoms with E-state index in [9.17, 15) is 9.59 Å². The molecule has 0 aromatic carbocycles. The van der Waals surface area contributed by atoms with Gasteiger partial charge in [0.2, 0.25) is 0 Å². The Morgan fingerprint density at radius 2 is 0.755 bits per heavy atom. The van der Waals surface area contributed by atoms with E-state index in [0.29, 0.717) is 19.4 Å². The molecule has 0 aliphatic heterocycles. The minimum absolute atomic E-state index is 0.166. The second-order valence-electron chi connectivity index (χ2n) is 13.9. The van der Waals surface area contributed by atoms with Gasteiger partial charge in [-0.3, -0.25) is 4.79 Å². The van der Waals surface area contributed by atoms with Crippen LogP contribution in [0.3, 0.4) is 0 Å². The summed E-state index contributed by atoms with van der Waals surface area (Å²) in [6.45, 7) is 5.11. The quantitative estimate of drug-likeness (QED) is 0.0281. The Labute approximate surface area is 305 Å². The summed E-state index contributed by atoms with van der Waals surface area (Å²) in [7, 11) is 0. The summed E-state index contributed by atoms with van der Waals surface area (Å²) in [5, 5.41) is 0. The summed E-state index contributed by atoms with van der Waals surface area (Å²) in [4.78, 5) is 23.8. The Kier molecular flexibility index (Phi) is 40.3. The third-order valence-corrected chi connectivity index (χ3v) is 9.04. The summed E-state index contributed by atoms with van der Waals surface area (Å²) in [6, 6.07) is 0. The molecule has 0 aliphatic rings. The van der Waals surface area contributed by atoms with E-state index >= 15 is 0 Å². The smallest absolute Gasteiger partial charge is 0.330 e. The number of rotatable bonds is 38. The molecule has 0 saturated heterocycles. The van der Waals surface area contributed by atoms with Crippen LogP contribution < -0.4 is 0 Å². The minimum atomic E-state index is -0.303. The molecular weight excluding hydrogens is 604 g/mol. The van der Waals surface area contributed by atoms with E-state index in [-0.39, 0.29) is 18.5 Å². The lowest BCUT2D eigenvalue weighted by atomic mass is 10.0. The topological polar surface area (TPSA) is 52.6 Å². The lowest BCUT2D eigenvalue weighted by molar-refractivity contribution is -0.144. The molecule has 4 heteroatoms. The average molecular weight is 685 g/mol. The predicted octanol–water partition coefficient (Wildman–Crippen LogP) is 14.4. The lowest BCUT2D eigenvalue weighted by Gasteiger charge is -2.05. The van der Waals surface area contributed by atoms with Crippen LogP contribution in [0.4, 0.5) is 0 Å². The van der Waals surface area contributed by atoms with Crippen molar-refractivity contribution in [3.8, 4) is 0 Å². The van der Waals surface area contributed by atoms with E-state index in [0.717, 1.165) is 44.9 Å². The van der Waals surface area contributed by atoms with Crippen molar-refractivity contribution in [1.82, 2.24) is 0 Å². The van der Waals surface area contributed by atoms with Crippen molar-refractivity contribution < 1.29 is 19.1 Å². The van der Waals surface area contributed by atoms with Crippen molar-refractivity contribution >= 4 is 11.9 Å². The Bertz CT molecular complexity index is 809. The van der Waals surface area contributed by atoms with Gasteiger partial charge in [0.05, 0.1) is 13.2 Å². The Balaban J connectivity index is 3.39. The number of carbonyl (C=O) groups is 2. The second kappa shape index (κ2) is 42.1. The van der Waals surface area contributed by atoms with Crippen molar-refractivity contribution in [2.24, 2.45) is 0 Å². The largest absolute Gasteiger partial charge is 0.466 e. The zero-order valence-corrected chi connectivity index (χ0v) is 32.6. The molecule has 0 N–H and O–H groups in total. The molecule has 0 aromatic rings.